The maximum absolute atomic E-state index is 13.3. The van der Waals surface area contributed by atoms with Gasteiger partial charge in [-0.2, -0.15) is 0 Å². The Morgan fingerprint density at radius 2 is 1.85 bits per heavy atom. The summed E-state index contributed by atoms with van der Waals surface area (Å²) in [4.78, 5) is 4.17. The third-order valence-corrected chi connectivity index (χ3v) is 3.14. The van der Waals surface area contributed by atoms with Crippen LogP contribution in [0.1, 0.15) is 29.8 Å². The molecule has 0 aliphatic carbocycles. The molecule has 0 saturated heterocycles. The van der Waals surface area contributed by atoms with Gasteiger partial charge in [0.2, 0.25) is 0 Å². The van der Waals surface area contributed by atoms with Gasteiger partial charge in [-0.3, -0.25) is 4.98 Å². The topological polar surface area (TPSA) is 24.9 Å². The van der Waals surface area contributed by atoms with E-state index in [0.29, 0.717) is 12.0 Å². The van der Waals surface area contributed by atoms with Crippen LogP contribution >= 0.6 is 0 Å². The van der Waals surface area contributed by atoms with Crippen LogP contribution in [-0.2, 0) is 6.42 Å². The standard InChI is InChI=1S/C16H18F2N2/c1-3-19-16(13-4-5-20-11(2)6-13)9-12-7-14(17)10-15(18)8-12/h4-8,10,16,19H,3,9H2,1-2H3. The van der Waals surface area contributed by atoms with E-state index in [4.69, 9.17) is 0 Å². The Morgan fingerprint density at radius 1 is 1.15 bits per heavy atom. The predicted octanol–water partition coefficient (Wildman–Crippen LogP) is 3.56. The number of halogens is 2. The Kier molecular flexibility index (Phi) is 4.79. The molecule has 106 valence electrons. The van der Waals surface area contributed by atoms with E-state index >= 15 is 0 Å². The largest absolute Gasteiger partial charge is 0.310 e. The van der Waals surface area contributed by atoms with Gasteiger partial charge in [-0.1, -0.05) is 6.92 Å². The third kappa shape index (κ3) is 3.84. The van der Waals surface area contributed by atoms with E-state index in [0.717, 1.165) is 23.9 Å². The number of aryl methyl sites for hydroxylation is 1. The van der Waals surface area contributed by atoms with Crippen molar-refractivity contribution >= 4 is 0 Å². The molecule has 2 aromatic rings. The first-order valence-corrected chi connectivity index (χ1v) is 6.69. The zero-order chi connectivity index (χ0) is 14.5. The van der Waals surface area contributed by atoms with Gasteiger partial charge in [-0.15, -0.1) is 0 Å². The van der Waals surface area contributed by atoms with Gasteiger partial charge < -0.3 is 5.32 Å². The van der Waals surface area contributed by atoms with Crippen molar-refractivity contribution in [2.45, 2.75) is 26.3 Å². The summed E-state index contributed by atoms with van der Waals surface area (Å²) < 4.78 is 26.5. The third-order valence-electron chi connectivity index (χ3n) is 3.14. The van der Waals surface area contributed by atoms with E-state index < -0.39 is 11.6 Å². The summed E-state index contributed by atoms with van der Waals surface area (Å²) in [5.74, 6) is -1.08. The quantitative estimate of drug-likeness (QED) is 0.903. The van der Waals surface area contributed by atoms with Crippen LogP contribution in [0.3, 0.4) is 0 Å². The molecule has 0 saturated carbocycles. The minimum atomic E-state index is -0.541. The number of rotatable bonds is 5. The second-order valence-corrected chi connectivity index (χ2v) is 4.82. The van der Waals surface area contributed by atoms with Crippen molar-refractivity contribution in [1.82, 2.24) is 10.3 Å². The van der Waals surface area contributed by atoms with Crippen LogP contribution in [0.15, 0.2) is 36.5 Å². The van der Waals surface area contributed by atoms with E-state index in [1.165, 1.54) is 12.1 Å². The molecule has 0 bridgehead atoms. The summed E-state index contributed by atoms with van der Waals surface area (Å²) in [6.07, 6.45) is 2.28. The maximum Gasteiger partial charge on any atom is 0.126 e. The minimum absolute atomic E-state index is 0.0166. The Balaban J connectivity index is 2.25. The molecule has 0 aliphatic heterocycles. The number of hydrogen-bond donors (Lipinski definition) is 1. The summed E-state index contributed by atoms with van der Waals surface area (Å²) in [7, 11) is 0. The molecule has 2 nitrogen and oxygen atoms in total. The van der Waals surface area contributed by atoms with Gasteiger partial charge in [0.25, 0.3) is 0 Å². The number of pyridine rings is 1. The van der Waals surface area contributed by atoms with Crippen molar-refractivity contribution in [2.75, 3.05) is 6.54 Å². The van der Waals surface area contributed by atoms with Crippen molar-refractivity contribution < 1.29 is 8.78 Å². The lowest BCUT2D eigenvalue weighted by Gasteiger charge is -2.19. The molecule has 1 unspecified atom stereocenters. The zero-order valence-electron chi connectivity index (χ0n) is 11.7. The number of nitrogens with zero attached hydrogens (tertiary/aromatic N) is 1. The Bertz CT molecular complexity index is 564. The molecule has 0 aliphatic rings. The molecule has 20 heavy (non-hydrogen) atoms. The van der Waals surface area contributed by atoms with E-state index in [-0.39, 0.29) is 6.04 Å². The van der Waals surface area contributed by atoms with Gasteiger partial charge in [0.1, 0.15) is 11.6 Å². The lowest BCUT2D eigenvalue weighted by atomic mass is 9.99. The fourth-order valence-electron chi connectivity index (χ4n) is 2.30. The van der Waals surface area contributed by atoms with Crippen molar-refractivity contribution in [3.8, 4) is 0 Å². The van der Waals surface area contributed by atoms with E-state index in [1.54, 1.807) is 6.20 Å². The summed E-state index contributed by atoms with van der Waals surface area (Å²) in [6.45, 7) is 4.71. The molecule has 1 heterocycles. The van der Waals surface area contributed by atoms with Crippen molar-refractivity contribution in [3.05, 3.63) is 65.0 Å². The second kappa shape index (κ2) is 6.57. The summed E-state index contributed by atoms with van der Waals surface area (Å²) in [5, 5.41) is 3.34. The number of aromatic nitrogens is 1. The van der Waals surface area contributed by atoms with E-state index in [2.05, 4.69) is 10.3 Å². The molecule has 2 rings (SSSR count). The predicted molar refractivity (Wildman–Crippen MR) is 75.5 cm³/mol. The minimum Gasteiger partial charge on any atom is -0.310 e. The highest BCUT2D eigenvalue weighted by Gasteiger charge is 2.13. The SMILES string of the molecule is CCNC(Cc1cc(F)cc(F)c1)c1ccnc(C)c1. The lowest BCUT2D eigenvalue weighted by molar-refractivity contribution is 0.538. The highest BCUT2D eigenvalue weighted by atomic mass is 19.1. The average molecular weight is 276 g/mol. The second-order valence-electron chi connectivity index (χ2n) is 4.82. The number of likely N-dealkylation sites (N-methyl/N-ethyl adjacent to an activating group) is 1. The first kappa shape index (κ1) is 14.6. The number of benzene rings is 1. The van der Waals surface area contributed by atoms with Gasteiger partial charge in [0.05, 0.1) is 0 Å². The molecule has 1 atom stereocenters. The molecule has 1 aromatic heterocycles. The molecule has 0 amide bonds. The Morgan fingerprint density at radius 3 is 2.45 bits per heavy atom. The highest BCUT2D eigenvalue weighted by Crippen LogP contribution is 2.20. The fraction of sp³-hybridized carbons (Fsp3) is 0.312. The highest BCUT2D eigenvalue weighted by molar-refractivity contribution is 5.25. The van der Waals surface area contributed by atoms with Crippen molar-refractivity contribution in [3.63, 3.8) is 0 Å². The van der Waals surface area contributed by atoms with Gasteiger partial charge in [0.15, 0.2) is 0 Å². The normalized spacial score (nSPS) is 12.4. The molecule has 0 spiro atoms. The van der Waals surface area contributed by atoms with Crippen molar-refractivity contribution in [2.24, 2.45) is 0 Å². The van der Waals surface area contributed by atoms with E-state index in [1.807, 2.05) is 26.0 Å². The van der Waals surface area contributed by atoms with Gasteiger partial charge in [-0.25, -0.2) is 8.78 Å². The number of nitrogens with one attached hydrogen (secondary N) is 1. The molecule has 0 radical (unpaired) electrons. The first-order chi connectivity index (χ1) is 9.58. The van der Waals surface area contributed by atoms with Gasteiger partial charge >= 0.3 is 0 Å². The van der Waals surface area contributed by atoms with Gasteiger partial charge in [0, 0.05) is 24.0 Å². The zero-order valence-corrected chi connectivity index (χ0v) is 11.7. The van der Waals surface area contributed by atoms with Crippen LogP contribution in [0.2, 0.25) is 0 Å². The number of hydrogen-bond acceptors (Lipinski definition) is 2. The van der Waals surface area contributed by atoms with Crippen LogP contribution in [-0.4, -0.2) is 11.5 Å². The van der Waals surface area contributed by atoms with Crippen LogP contribution in [0, 0.1) is 18.6 Å². The first-order valence-electron chi connectivity index (χ1n) is 6.69. The van der Waals surface area contributed by atoms with Crippen molar-refractivity contribution in [1.29, 1.82) is 0 Å². The van der Waals surface area contributed by atoms with Crippen LogP contribution in [0.25, 0.3) is 0 Å². The van der Waals surface area contributed by atoms with Gasteiger partial charge in [-0.05, 0) is 55.3 Å². The van der Waals surface area contributed by atoms with Crippen LogP contribution < -0.4 is 5.32 Å². The smallest absolute Gasteiger partial charge is 0.126 e. The molecule has 0 fully saturated rings. The summed E-state index contributed by atoms with van der Waals surface area (Å²) in [5.41, 5.74) is 2.64. The Labute approximate surface area is 117 Å². The van der Waals surface area contributed by atoms with E-state index in [9.17, 15) is 8.78 Å². The lowest BCUT2D eigenvalue weighted by Crippen LogP contribution is -2.23. The molecule has 1 N–H and O–H groups in total. The average Bonchev–Trinajstić information content (AvgIpc) is 2.37. The molecule has 1 aromatic carbocycles. The molecule has 4 heteroatoms. The summed E-state index contributed by atoms with van der Waals surface area (Å²) >= 11 is 0. The molecular weight excluding hydrogens is 258 g/mol. The molecular formula is C16H18F2N2. The monoisotopic (exact) mass is 276 g/mol. The Hall–Kier alpha value is -1.81. The fourth-order valence-corrected chi connectivity index (χ4v) is 2.30. The van der Waals surface area contributed by atoms with Crippen LogP contribution in [0.4, 0.5) is 8.78 Å². The summed E-state index contributed by atoms with van der Waals surface area (Å²) in [6, 6.07) is 7.58. The van der Waals surface area contributed by atoms with Crippen LogP contribution in [0.5, 0.6) is 0 Å². The maximum atomic E-state index is 13.3.